The SMILES string of the molecule is Cc1ccc(S(=O)(=O)N=S(c2cccc3ccccc23)C(C)C)cc1. The summed E-state index contributed by atoms with van der Waals surface area (Å²) in [6.07, 6.45) is 0. The largest absolute Gasteiger partial charge is 0.288 e. The van der Waals surface area contributed by atoms with E-state index in [9.17, 15) is 8.42 Å². The number of nitrogens with zero attached hydrogens (tertiary/aromatic N) is 1. The van der Waals surface area contributed by atoms with Gasteiger partial charge in [-0.25, -0.2) is 0 Å². The Kier molecular flexibility index (Phi) is 5.06. The lowest BCUT2D eigenvalue weighted by atomic mass is 10.1. The van der Waals surface area contributed by atoms with Crippen LogP contribution in [0.25, 0.3) is 10.8 Å². The lowest BCUT2D eigenvalue weighted by Crippen LogP contribution is -2.10. The first-order chi connectivity index (χ1) is 11.9. The summed E-state index contributed by atoms with van der Waals surface area (Å²) < 4.78 is 29.9. The molecule has 0 N–H and O–H groups in total. The van der Waals surface area contributed by atoms with Crippen molar-refractivity contribution in [3.8, 4) is 0 Å². The van der Waals surface area contributed by atoms with Gasteiger partial charge in [0.1, 0.15) is 0 Å². The van der Waals surface area contributed by atoms with Gasteiger partial charge in [0.15, 0.2) is 0 Å². The van der Waals surface area contributed by atoms with Gasteiger partial charge in [0.05, 0.1) is 4.90 Å². The van der Waals surface area contributed by atoms with E-state index in [2.05, 4.69) is 3.77 Å². The van der Waals surface area contributed by atoms with Gasteiger partial charge in [0, 0.05) is 10.1 Å². The zero-order valence-corrected chi connectivity index (χ0v) is 16.1. The minimum absolute atomic E-state index is 0.0889. The fraction of sp³-hybridized carbons (Fsp3) is 0.200. The van der Waals surface area contributed by atoms with Crippen LogP contribution in [0.2, 0.25) is 0 Å². The second kappa shape index (κ2) is 7.10. The highest BCUT2D eigenvalue weighted by Gasteiger charge is 2.18. The zero-order chi connectivity index (χ0) is 18.0. The highest BCUT2D eigenvalue weighted by molar-refractivity contribution is 8.00. The molecule has 0 saturated carbocycles. The molecule has 0 aromatic heterocycles. The number of fused-ring (bicyclic) bond motifs is 1. The summed E-state index contributed by atoms with van der Waals surface area (Å²) in [7, 11) is -4.45. The molecule has 0 aliphatic rings. The summed E-state index contributed by atoms with van der Waals surface area (Å²) in [6.45, 7) is 5.96. The fourth-order valence-corrected chi connectivity index (χ4v) is 6.43. The molecule has 3 nitrogen and oxygen atoms in total. The maximum Gasteiger partial charge on any atom is 0.288 e. The van der Waals surface area contributed by atoms with Crippen LogP contribution in [0.15, 0.2) is 80.3 Å². The van der Waals surface area contributed by atoms with Gasteiger partial charge in [-0.05, 0) is 46.6 Å². The molecule has 25 heavy (non-hydrogen) atoms. The quantitative estimate of drug-likeness (QED) is 0.640. The van der Waals surface area contributed by atoms with Crippen molar-refractivity contribution in [3.63, 3.8) is 0 Å². The van der Waals surface area contributed by atoms with Crippen LogP contribution in [0, 0.1) is 6.92 Å². The van der Waals surface area contributed by atoms with E-state index in [4.69, 9.17) is 0 Å². The summed E-state index contributed by atoms with van der Waals surface area (Å²) in [5, 5.41) is 2.25. The van der Waals surface area contributed by atoms with Gasteiger partial charge in [-0.1, -0.05) is 67.9 Å². The Balaban J connectivity index is 2.18. The van der Waals surface area contributed by atoms with Gasteiger partial charge in [-0.15, -0.1) is 3.77 Å². The molecule has 0 aliphatic heterocycles. The van der Waals surface area contributed by atoms with Crippen LogP contribution in [0.4, 0.5) is 0 Å². The van der Waals surface area contributed by atoms with E-state index >= 15 is 0 Å². The van der Waals surface area contributed by atoms with Gasteiger partial charge in [-0.3, -0.25) is 0 Å². The van der Waals surface area contributed by atoms with Crippen LogP contribution in [0.5, 0.6) is 0 Å². The molecule has 0 heterocycles. The van der Waals surface area contributed by atoms with Crippen LogP contribution in [-0.4, -0.2) is 13.7 Å². The van der Waals surface area contributed by atoms with E-state index in [1.165, 1.54) is 0 Å². The lowest BCUT2D eigenvalue weighted by molar-refractivity contribution is 0.598. The van der Waals surface area contributed by atoms with E-state index in [-0.39, 0.29) is 10.1 Å². The summed E-state index contributed by atoms with van der Waals surface area (Å²) in [5.74, 6) is 0. The number of aryl methyl sites for hydroxylation is 1. The topological polar surface area (TPSA) is 46.5 Å². The summed E-state index contributed by atoms with van der Waals surface area (Å²) >= 11 is 0. The average Bonchev–Trinajstić information content (AvgIpc) is 2.59. The molecule has 0 spiro atoms. The molecule has 5 heteroatoms. The zero-order valence-electron chi connectivity index (χ0n) is 14.5. The molecule has 3 rings (SSSR count). The molecule has 0 bridgehead atoms. The maximum absolute atomic E-state index is 12.8. The Morgan fingerprint density at radius 1 is 0.880 bits per heavy atom. The first-order valence-corrected chi connectivity index (χ1v) is 10.8. The standard InChI is InChI=1S/C20H21NO2S2/c1-15(2)24(20-10-6-8-17-7-4-5-9-19(17)20)21-25(22,23)18-13-11-16(3)12-14-18/h4-15H,1-3H3. The highest BCUT2D eigenvalue weighted by Crippen LogP contribution is 2.27. The van der Waals surface area contributed by atoms with Gasteiger partial charge in [0.2, 0.25) is 0 Å². The molecule has 3 aromatic carbocycles. The first-order valence-electron chi connectivity index (χ1n) is 8.14. The second-order valence-corrected chi connectivity index (χ2v) is 10.2. The second-order valence-electron chi connectivity index (χ2n) is 6.20. The highest BCUT2D eigenvalue weighted by atomic mass is 32.3. The minimum Gasteiger partial charge on any atom is -0.199 e. The molecule has 0 fully saturated rings. The normalized spacial score (nSPS) is 13.4. The predicted molar refractivity (Wildman–Crippen MR) is 106 cm³/mol. The Morgan fingerprint density at radius 3 is 2.20 bits per heavy atom. The summed E-state index contributed by atoms with van der Waals surface area (Å²) in [5.41, 5.74) is 1.02. The third-order valence-electron chi connectivity index (χ3n) is 3.92. The van der Waals surface area contributed by atoms with E-state index in [1.807, 2.05) is 63.2 Å². The fourth-order valence-electron chi connectivity index (χ4n) is 2.62. The number of benzene rings is 3. The van der Waals surface area contributed by atoms with Gasteiger partial charge in [-0.2, -0.15) is 8.42 Å². The number of hydrogen-bond donors (Lipinski definition) is 0. The van der Waals surface area contributed by atoms with Crippen molar-refractivity contribution < 1.29 is 8.42 Å². The van der Waals surface area contributed by atoms with Crippen molar-refractivity contribution in [1.82, 2.24) is 0 Å². The van der Waals surface area contributed by atoms with Crippen molar-refractivity contribution in [2.75, 3.05) is 0 Å². The molecule has 0 amide bonds. The van der Waals surface area contributed by atoms with Crippen LogP contribution in [-0.2, 0) is 20.7 Å². The van der Waals surface area contributed by atoms with Crippen molar-refractivity contribution in [2.24, 2.45) is 3.77 Å². The maximum atomic E-state index is 12.8. The molecule has 3 aromatic rings. The van der Waals surface area contributed by atoms with Crippen molar-refractivity contribution >= 4 is 31.5 Å². The molecule has 1 unspecified atom stereocenters. The van der Waals surface area contributed by atoms with Crippen LogP contribution in [0.3, 0.4) is 0 Å². The summed E-state index contributed by atoms with van der Waals surface area (Å²) in [4.78, 5) is 1.22. The molecule has 0 saturated heterocycles. The van der Waals surface area contributed by atoms with Crippen molar-refractivity contribution in [2.45, 2.75) is 35.8 Å². The van der Waals surface area contributed by atoms with Crippen LogP contribution in [0.1, 0.15) is 19.4 Å². The Morgan fingerprint density at radius 2 is 1.52 bits per heavy atom. The van der Waals surface area contributed by atoms with E-state index in [0.29, 0.717) is 0 Å². The Labute approximate surface area is 151 Å². The number of sulfonamides is 1. The Hall–Kier alpha value is -1.98. The molecular weight excluding hydrogens is 350 g/mol. The number of hydrogen-bond acceptors (Lipinski definition) is 2. The molecule has 1 atom stereocenters. The predicted octanol–water partition coefficient (Wildman–Crippen LogP) is 5.11. The van der Waals surface area contributed by atoms with Crippen molar-refractivity contribution in [1.29, 1.82) is 0 Å². The summed E-state index contributed by atoms with van der Waals surface area (Å²) in [6, 6.07) is 20.9. The van der Waals surface area contributed by atoms with Gasteiger partial charge in [0.25, 0.3) is 10.0 Å². The molecule has 130 valence electrons. The van der Waals surface area contributed by atoms with Crippen molar-refractivity contribution in [3.05, 3.63) is 72.3 Å². The van der Waals surface area contributed by atoms with Gasteiger partial charge >= 0.3 is 0 Å². The van der Waals surface area contributed by atoms with E-state index < -0.39 is 20.7 Å². The third kappa shape index (κ3) is 3.83. The van der Waals surface area contributed by atoms with Crippen LogP contribution < -0.4 is 0 Å². The smallest absolute Gasteiger partial charge is 0.199 e. The monoisotopic (exact) mass is 371 g/mol. The van der Waals surface area contributed by atoms with Crippen LogP contribution >= 0.6 is 0 Å². The van der Waals surface area contributed by atoms with E-state index in [0.717, 1.165) is 21.2 Å². The Bertz CT molecular complexity index is 1030. The average molecular weight is 372 g/mol. The molecule has 0 radical (unpaired) electrons. The minimum atomic E-state index is -3.70. The third-order valence-corrected chi connectivity index (χ3v) is 7.91. The molecular formula is C20H21NO2S2. The van der Waals surface area contributed by atoms with E-state index in [1.54, 1.807) is 24.3 Å². The molecule has 0 aliphatic carbocycles. The lowest BCUT2D eigenvalue weighted by Gasteiger charge is -2.15. The number of rotatable bonds is 4. The first kappa shape index (κ1) is 17.8. The van der Waals surface area contributed by atoms with Gasteiger partial charge < -0.3 is 0 Å².